The Balaban J connectivity index is 2.70. The van der Waals surface area contributed by atoms with Crippen molar-refractivity contribution in [3.05, 3.63) is 12.3 Å². The monoisotopic (exact) mass is 112 g/mol. The van der Waals surface area contributed by atoms with Gasteiger partial charge in [-0.25, -0.2) is 4.79 Å². The van der Waals surface area contributed by atoms with E-state index in [2.05, 4.69) is 11.9 Å². The van der Waals surface area contributed by atoms with Crippen LogP contribution in [0.2, 0.25) is 0 Å². The van der Waals surface area contributed by atoms with Crippen molar-refractivity contribution >= 4 is 6.03 Å². The number of nitrogens with one attached hydrogen (secondary N) is 1. The minimum Gasteiger partial charge on any atom is -0.332 e. The highest BCUT2D eigenvalue weighted by molar-refractivity contribution is 5.78. The molecule has 0 unspecified atom stereocenters. The molecule has 1 saturated heterocycles. The van der Waals surface area contributed by atoms with Crippen LogP contribution in [0, 0.1) is 0 Å². The van der Waals surface area contributed by atoms with Crippen molar-refractivity contribution in [1.82, 2.24) is 10.2 Å². The van der Waals surface area contributed by atoms with Gasteiger partial charge >= 0.3 is 6.03 Å². The third-order valence-corrected chi connectivity index (χ3v) is 1.22. The lowest BCUT2D eigenvalue weighted by Crippen LogP contribution is -2.22. The first-order valence-electron chi connectivity index (χ1n) is 2.41. The molecule has 0 atom stereocenters. The Hall–Kier alpha value is -0.990. The number of hydrogen-bond acceptors (Lipinski definition) is 1. The van der Waals surface area contributed by atoms with E-state index >= 15 is 0 Å². The molecule has 1 aliphatic rings. The van der Waals surface area contributed by atoms with Crippen molar-refractivity contribution in [3.63, 3.8) is 0 Å². The van der Waals surface area contributed by atoms with Crippen LogP contribution in [0.5, 0.6) is 0 Å². The van der Waals surface area contributed by atoms with Gasteiger partial charge in [0.15, 0.2) is 0 Å². The van der Waals surface area contributed by atoms with Gasteiger partial charge in [-0.05, 0) is 0 Å². The zero-order valence-corrected chi connectivity index (χ0v) is 4.77. The van der Waals surface area contributed by atoms with E-state index in [1.807, 2.05) is 0 Å². The molecule has 0 spiro atoms. The summed E-state index contributed by atoms with van der Waals surface area (Å²) in [7, 11) is 1.70. The van der Waals surface area contributed by atoms with Gasteiger partial charge < -0.3 is 10.2 Å². The maximum Gasteiger partial charge on any atom is 0.321 e. The third kappa shape index (κ3) is 0.559. The molecule has 8 heavy (non-hydrogen) atoms. The van der Waals surface area contributed by atoms with Gasteiger partial charge in [-0.3, -0.25) is 0 Å². The molecule has 0 aromatic heterocycles. The fourth-order valence-corrected chi connectivity index (χ4v) is 0.558. The molecule has 1 aliphatic heterocycles. The van der Waals surface area contributed by atoms with E-state index in [4.69, 9.17) is 0 Å². The third-order valence-electron chi connectivity index (χ3n) is 1.22. The minimum atomic E-state index is -0.0602. The van der Waals surface area contributed by atoms with E-state index < -0.39 is 0 Å². The summed E-state index contributed by atoms with van der Waals surface area (Å²) < 4.78 is 0. The smallest absolute Gasteiger partial charge is 0.321 e. The quantitative estimate of drug-likeness (QED) is 0.475. The summed E-state index contributed by atoms with van der Waals surface area (Å²) in [4.78, 5) is 12.0. The highest BCUT2D eigenvalue weighted by Gasteiger charge is 2.17. The van der Waals surface area contributed by atoms with Crippen molar-refractivity contribution < 1.29 is 4.79 Å². The fraction of sp³-hybridized carbons (Fsp3) is 0.400. The predicted octanol–water partition coefficient (Wildman–Crippen LogP) is 0.155. The number of urea groups is 1. The molecular formula is C5H8N2O. The first kappa shape index (κ1) is 5.15. The van der Waals surface area contributed by atoms with Crippen LogP contribution in [-0.2, 0) is 0 Å². The largest absolute Gasteiger partial charge is 0.332 e. The van der Waals surface area contributed by atoms with E-state index in [0.717, 1.165) is 5.70 Å². The maximum atomic E-state index is 10.5. The Morgan fingerprint density at radius 2 is 2.50 bits per heavy atom. The van der Waals surface area contributed by atoms with Crippen LogP contribution in [0.1, 0.15) is 0 Å². The molecule has 3 nitrogen and oxygen atoms in total. The lowest BCUT2D eigenvalue weighted by atomic mass is 10.5. The molecule has 3 heteroatoms. The van der Waals surface area contributed by atoms with Crippen molar-refractivity contribution in [2.75, 3.05) is 13.6 Å². The van der Waals surface area contributed by atoms with E-state index in [1.54, 1.807) is 7.05 Å². The number of hydrogen-bond donors (Lipinski definition) is 1. The van der Waals surface area contributed by atoms with Gasteiger partial charge in [-0.2, -0.15) is 0 Å². The van der Waals surface area contributed by atoms with Gasteiger partial charge in [0.05, 0.1) is 6.54 Å². The second-order valence-electron chi connectivity index (χ2n) is 1.78. The summed E-state index contributed by atoms with van der Waals surface area (Å²) in [5.41, 5.74) is 0.829. The standard InChI is InChI=1S/C5H8N2O/c1-4-3-6-5(8)7(4)2/h1,3H2,2H3,(H,6,8). The van der Waals surface area contributed by atoms with Crippen LogP contribution in [0.25, 0.3) is 0 Å². The van der Waals surface area contributed by atoms with Crippen molar-refractivity contribution in [1.29, 1.82) is 0 Å². The Kier molecular flexibility index (Phi) is 0.970. The van der Waals surface area contributed by atoms with Crippen LogP contribution < -0.4 is 5.32 Å². The van der Waals surface area contributed by atoms with Crippen LogP contribution in [0.4, 0.5) is 4.79 Å². The van der Waals surface area contributed by atoms with E-state index in [-0.39, 0.29) is 6.03 Å². The summed E-state index contributed by atoms with van der Waals surface area (Å²) in [6.45, 7) is 4.22. The highest BCUT2D eigenvalue weighted by atomic mass is 16.2. The second-order valence-corrected chi connectivity index (χ2v) is 1.78. The number of nitrogens with zero attached hydrogens (tertiary/aromatic N) is 1. The second kappa shape index (κ2) is 1.51. The van der Waals surface area contributed by atoms with Crippen molar-refractivity contribution in [2.24, 2.45) is 0 Å². The van der Waals surface area contributed by atoms with E-state index in [9.17, 15) is 4.79 Å². The van der Waals surface area contributed by atoms with Gasteiger partial charge in [-0.15, -0.1) is 0 Å². The lowest BCUT2D eigenvalue weighted by Gasteiger charge is -2.04. The molecule has 0 aromatic carbocycles. The highest BCUT2D eigenvalue weighted by Crippen LogP contribution is 2.02. The summed E-state index contributed by atoms with van der Waals surface area (Å²) in [5, 5.41) is 2.61. The molecule has 1 heterocycles. The molecule has 0 aliphatic carbocycles. The minimum absolute atomic E-state index is 0.0602. The van der Waals surface area contributed by atoms with Crippen LogP contribution in [-0.4, -0.2) is 24.5 Å². The molecular weight excluding hydrogens is 104 g/mol. The Morgan fingerprint density at radius 3 is 2.62 bits per heavy atom. The molecule has 0 bridgehead atoms. The van der Waals surface area contributed by atoms with Crippen molar-refractivity contribution in [3.8, 4) is 0 Å². The summed E-state index contributed by atoms with van der Waals surface area (Å²) in [6.07, 6.45) is 0. The molecule has 1 N–H and O–H groups in total. The first-order valence-corrected chi connectivity index (χ1v) is 2.41. The average molecular weight is 112 g/mol. The Bertz CT molecular complexity index is 125. The Labute approximate surface area is 48.0 Å². The first-order chi connectivity index (χ1) is 3.72. The van der Waals surface area contributed by atoms with Crippen LogP contribution in [0.15, 0.2) is 12.3 Å². The zero-order valence-electron chi connectivity index (χ0n) is 4.77. The van der Waals surface area contributed by atoms with Gasteiger partial charge in [0.25, 0.3) is 0 Å². The number of carbonyl (C=O) groups is 1. The Morgan fingerprint density at radius 1 is 1.88 bits per heavy atom. The number of carbonyl (C=O) groups excluding carboxylic acids is 1. The van der Waals surface area contributed by atoms with E-state index in [1.165, 1.54) is 4.90 Å². The summed E-state index contributed by atoms with van der Waals surface area (Å²) in [6, 6.07) is -0.0602. The van der Waals surface area contributed by atoms with Crippen LogP contribution >= 0.6 is 0 Å². The molecule has 0 aromatic rings. The lowest BCUT2D eigenvalue weighted by molar-refractivity contribution is 0.230. The summed E-state index contributed by atoms with van der Waals surface area (Å²) >= 11 is 0. The maximum absolute atomic E-state index is 10.5. The van der Waals surface area contributed by atoms with Gasteiger partial charge in [-0.1, -0.05) is 6.58 Å². The summed E-state index contributed by atoms with van der Waals surface area (Å²) in [5.74, 6) is 0. The molecule has 2 amide bonds. The normalized spacial score (nSPS) is 19.4. The molecule has 0 radical (unpaired) electrons. The SMILES string of the molecule is C=C1CNC(=O)N1C. The fourth-order valence-electron chi connectivity index (χ4n) is 0.558. The van der Waals surface area contributed by atoms with Gasteiger partial charge in [0.2, 0.25) is 0 Å². The molecule has 1 fully saturated rings. The topological polar surface area (TPSA) is 32.3 Å². The van der Waals surface area contributed by atoms with Gasteiger partial charge in [0, 0.05) is 12.7 Å². The molecule has 1 rings (SSSR count). The number of likely N-dealkylation sites (N-methyl/N-ethyl adjacent to an activating group) is 1. The molecule has 44 valence electrons. The zero-order chi connectivity index (χ0) is 6.15. The average Bonchev–Trinajstić information content (AvgIpc) is 1.98. The predicted molar refractivity (Wildman–Crippen MR) is 30.3 cm³/mol. The van der Waals surface area contributed by atoms with Crippen molar-refractivity contribution in [2.45, 2.75) is 0 Å². The molecule has 0 saturated carbocycles. The van der Waals surface area contributed by atoms with Crippen LogP contribution in [0.3, 0.4) is 0 Å². The number of amides is 2. The van der Waals surface area contributed by atoms with E-state index in [0.29, 0.717) is 6.54 Å². The number of rotatable bonds is 0. The van der Waals surface area contributed by atoms with Gasteiger partial charge in [0.1, 0.15) is 0 Å².